The van der Waals surface area contributed by atoms with Gasteiger partial charge in [-0.3, -0.25) is 0 Å². The fraction of sp³-hybridized carbons (Fsp3) is 0.189. The van der Waals surface area contributed by atoms with E-state index in [0.717, 1.165) is 40.4 Å². The molecule has 0 radical (unpaired) electrons. The van der Waals surface area contributed by atoms with Gasteiger partial charge in [0.25, 0.3) is 0 Å². The minimum Gasteiger partial charge on any atom is -0.208 e. The van der Waals surface area contributed by atoms with E-state index in [9.17, 15) is 0 Å². The van der Waals surface area contributed by atoms with E-state index in [1.807, 2.05) is 24.3 Å². The molecule has 3 heteroatoms. The molecular formula is C53H41N3. The predicted molar refractivity (Wildman–Crippen MR) is 228 cm³/mol. The molecule has 0 aliphatic heterocycles. The lowest BCUT2D eigenvalue weighted by molar-refractivity contribution is -0.0398. The zero-order valence-corrected chi connectivity index (χ0v) is 31.3. The van der Waals surface area contributed by atoms with Crippen LogP contribution in [0.1, 0.15) is 43.2 Å². The number of fused-ring (bicyclic) bond motifs is 4. The molecule has 1 heterocycles. The van der Waals surface area contributed by atoms with Crippen LogP contribution in [0, 0.1) is 23.7 Å². The summed E-state index contributed by atoms with van der Waals surface area (Å²) < 4.78 is 0. The van der Waals surface area contributed by atoms with Crippen LogP contribution in [0.3, 0.4) is 0 Å². The van der Waals surface area contributed by atoms with Gasteiger partial charge in [-0.25, -0.2) is 15.0 Å². The van der Waals surface area contributed by atoms with Gasteiger partial charge in [-0.1, -0.05) is 152 Å². The molecule has 0 unspecified atom stereocenters. The van der Waals surface area contributed by atoms with Crippen molar-refractivity contribution in [3.8, 4) is 67.5 Å². The van der Waals surface area contributed by atoms with E-state index < -0.39 is 0 Å². The van der Waals surface area contributed by atoms with Crippen LogP contribution in [0.5, 0.6) is 0 Å². The van der Waals surface area contributed by atoms with Crippen molar-refractivity contribution in [3.05, 3.63) is 175 Å². The normalized spacial score (nSPS) is 22.7. The van der Waals surface area contributed by atoms with E-state index >= 15 is 0 Å². The summed E-state index contributed by atoms with van der Waals surface area (Å²) in [5.74, 6) is 5.30. The molecule has 1 spiro atoms. The molecule has 4 fully saturated rings. The van der Waals surface area contributed by atoms with E-state index in [1.54, 1.807) is 11.1 Å². The maximum atomic E-state index is 5.10. The number of hydrogen-bond acceptors (Lipinski definition) is 3. The lowest BCUT2D eigenvalue weighted by atomic mass is 9.43. The highest BCUT2D eigenvalue weighted by Crippen LogP contribution is 2.70. The molecule has 0 atom stereocenters. The molecule has 5 aliphatic rings. The molecule has 4 saturated carbocycles. The fourth-order valence-corrected chi connectivity index (χ4v) is 11.8. The van der Waals surface area contributed by atoms with Gasteiger partial charge in [-0.15, -0.1) is 0 Å². The molecule has 13 rings (SSSR count). The van der Waals surface area contributed by atoms with Gasteiger partial charge in [0.2, 0.25) is 0 Å². The van der Waals surface area contributed by atoms with Crippen LogP contribution in [0.15, 0.2) is 164 Å². The average Bonchev–Trinajstić information content (AvgIpc) is 3.54. The monoisotopic (exact) mass is 719 g/mol. The highest BCUT2D eigenvalue weighted by atomic mass is 15.0. The van der Waals surface area contributed by atoms with E-state index in [-0.39, 0.29) is 5.41 Å². The third-order valence-corrected chi connectivity index (χ3v) is 13.9. The molecule has 5 aliphatic carbocycles. The van der Waals surface area contributed by atoms with Crippen LogP contribution in [0.25, 0.3) is 78.3 Å². The Kier molecular flexibility index (Phi) is 7.11. The Balaban J connectivity index is 0.970. The summed E-state index contributed by atoms with van der Waals surface area (Å²) in [6, 6.07) is 59.5. The molecule has 3 nitrogen and oxygen atoms in total. The summed E-state index contributed by atoms with van der Waals surface area (Å²) >= 11 is 0. The predicted octanol–water partition coefficient (Wildman–Crippen LogP) is 13.1. The lowest BCUT2D eigenvalue weighted by Gasteiger charge is -2.61. The summed E-state index contributed by atoms with van der Waals surface area (Å²) in [4.78, 5) is 15.2. The second-order valence-corrected chi connectivity index (χ2v) is 16.8. The lowest BCUT2D eigenvalue weighted by Crippen LogP contribution is -2.55. The third kappa shape index (κ3) is 4.86. The third-order valence-electron chi connectivity index (χ3n) is 13.9. The quantitative estimate of drug-likeness (QED) is 0.178. The highest BCUT2D eigenvalue weighted by Gasteiger charge is 2.61. The first kappa shape index (κ1) is 32.1. The van der Waals surface area contributed by atoms with Gasteiger partial charge in [0.1, 0.15) is 0 Å². The van der Waals surface area contributed by atoms with Crippen molar-refractivity contribution < 1.29 is 0 Å². The molecule has 4 bridgehead atoms. The molecule has 0 amide bonds. The van der Waals surface area contributed by atoms with Gasteiger partial charge >= 0.3 is 0 Å². The second-order valence-electron chi connectivity index (χ2n) is 16.8. The van der Waals surface area contributed by atoms with Crippen molar-refractivity contribution in [2.75, 3.05) is 0 Å². The molecule has 0 saturated heterocycles. The van der Waals surface area contributed by atoms with E-state index in [1.165, 1.54) is 76.3 Å². The summed E-state index contributed by atoms with van der Waals surface area (Å²) in [5, 5.41) is 2.70. The summed E-state index contributed by atoms with van der Waals surface area (Å²) in [6.07, 6.45) is 6.99. The van der Waals surface area contributed by atoms with Gasteiger partial charge < -0.3 is 0 Å². The summed E-state index contributed by atoms with van der Waals surface area (Å²) in [7, 11) is 0. The highest BCUT2D eigenvalue weighted by molar-refractivity contribution is 5.99. The minimum absolute atomic E-state index is 0.118. The largest absolute Gasteiger partial charge is 0.208 e. The Morgan fingerprint density at radius 1 is 0.357 bits per heavy atom. The SMILES string of the molecule is c1ccc(-c2ccc(-c3nc(-c4ccccc4)nc(-c4ccc(-c5cccc6c5-c5cc7ccccc7cc5C65C6CC7CC(C6)CC5C7)cc4)n3)cc2)cc1. The smallest absolute Gasteiger partial charge is 0.164 e. The summed E-state index contributed by atoms with van der Waals surface area (Å²) in [6.45, 7) is 0. The van der Waals surface area contributed by atoms with Crippen molar-refractivity contribution in [3.63, 3.8) is 0 Å². The Labute approximate surface area is 328 Å². The number of benzene rings is 7. The Morgan fingerprint density at radius 3 is 1.41 bits per heavy atom. The molecule has 0 N–H and O–H groups in total. The molecular weight excluding hydrogens is 679 g/mol. The summed E-state index contributed by atoms with van der Waals surface area (Å²) in [5.41, 5.74) is 14.1. The van der Waals surface area contributed by atoms with Crippen LogP contribution >= 0.6 is 0 Å². The molecule has 1 aromatic heterocycles. The molecule has 56 heavy (non-hydrogen) atoms. The van der Waals surface area contributed by atoms with Gasteiger partial charge in [0.05, 0.1) is 0 Å². The van der Waals surface area contributed by atoms with Gasteiger partial charge in [0, 0.05) is 22.1 Å². The van der Waals surface area contributed by atoms with Crippen molar-refractivity contribution in [2.24, 2.45) is 23.7 Å². The van der Waals surface area contributed by atoms with Crippen molar-refractivity contribution in [1.82, 2.24) is 15.0 Å². The zero-order valence-electron chi connectivity index (χ0n) is 31.3. The van der Waals surface area contributed by atoms with E-state index in [2.05, 4.69) is 140 Å². The fourth-order valence-electron chi connectivity index (χ4n) is 11.8. The number of hydrogen-bond donors (Lipinski definition) is 0. The Morgan fingerprint density at radius 2 is 0.821 bits per heavy atom. The first-order chi connectivity index (χ1) is 27.7. The van der Waals surface area contributed by atoms with Crippen LogP contribution < -0.4 is 0 Å². The standard InChI is InChI=1S/C53H41N3/c1-3-10-35(11-4-1)36-18-22-39(23-19-36)51-54-50(38-12-5-2-6-13-38)55-52(56-51)40-24-20-37(21-25-40)45-16-9-17-47-49(45)46-31-41-14-7-8-15-42(41)32-48(46)53(47)43-27-33-26-34(29-43)30-44(53)28-33/h1-25,31-34,43-44H,26-30H2. The Hall–Kier alpha value is -6.19. The maximum Gasteiger partial charge on any atom is 0.164 e. The van der Waals surface area contributed by atoms with Gasteiger partial charge in [0.15, 0.2) is 17.5 Å². The van der Waals surface area contributed by atoms with Crippen molar-refractivity contribution >= 4 is 10.8 Å². The average molecular weight is 720 g/mol. The molecule has 7 aromatic carbocycles. The van der Waals surface area contributed by atoms with E-state index in [4.69, 9.17) is 15.0 Å². The maximum absolute atomic E-state index is 5.10. The first-order valence-corrected chi connectivity index (χ1v) is 20.4. The molecule has 268 valence electrons. The van der Waals surface area contributed by atoms with Crippen molar-refractivity contribution in [2.45, 2.75) is 37.5 Å². The van der Waals surface area contributed by atoms with Crippen molar-refractivity contribution in [1.29, 1.82) is 0 Å². The topological polar surface area (TPSA) is 38.7 Å². The number of nitrogens with zero attached hydrogens (tertiary/aromatic N) is 3. The van der Waals surface area contributed by atoms with Crippen LogP contribution in [-0.4, -0.2) is 15.0 Å². The van der Waals surface area contributed by atoms with Gasteiger partial charge in [-0.2, -0.15) is 0 Å². The molecule has 8 aromatic rings. The van der Waals surface area contributed by atoms with Crippen LogP contribution in [0.2, 0.25) is 0 Å². The van der Waals surface area contributed by atoms with Crippen LogP contribution in [-0.2, 0) is 5.41 Å². The zero-order chi connectivity index (χ0) is 36.8. The number of aromatic nitrogens is 3. The number of rotatable bonds is 5. The second kappa shape index (κ2) is 12.4. The van der Waals surface area contributed by atoms with E-state index in [0.29, 0.717) is 17.5 Å². The Bertz CT molecular complexity index is 2760. The van der Waals surface area contributed by atoms with Gasteiger partial charge in [-0.05, 0) is 123 Å². The van der Waals surface area contributed by atoms with Crippen LogP contribution in [0.4, 0.5) is 0 Å². The first-order valence-electron chi connectivity index (χ1n) is 20.4. The minimum atomic E-state index is 0.118.